The van der Waals surface area contributed by atoms with E-state index in [1.807, 2.05) is 18.3 Å². The van der Waals surface area contributed by atoms with Crippen molar-refractivity contribution in [2.45, 2.75) is 45.7 Å². The van der Waals surface area contributed by atoms with Crippen molar-refractivity contribution >= 4 is 11.6 Å². The van der Waals surface area contributed by atoms with Gasteiger partial charge in [0, 0.05) is 48.9 Å². The summed E-state index contributed by atoms with van der Waals surface area (Å²) in [7, 11) is 3.22. The van der Waals surface area contributed by atoms with Gasteiger partial charge in [0.2, 0.25) is 0 Å². The third-order valence-corrected chi connectivity index (χ3v) is 5.06. The Kier molecular flexibility index (Phi) is 5.39. The van der Waals surface area contributed by atoms with Crippen molar-refractivity contribution in [3.05, 3.63) is 46.0 Å². The molecule has 1 aromatic carbocycles. The summed E-state index contributed by atoms with van der Waals surface area (Å²) in [6.07, 6.45) is 2.90. The molecular weight excluding hydrogens is 350 g/mol. The molecule has 0 saturated heterocycles. The predicted octanol–water partition coefficient (Wildman–Crippen LogP) is 4.00. The van der Waals surface area contributed by atoms with Gasteiger partial charge in [0.1, 0.15) is 5.82 Å². The lowest BCUT2D eigenvalue weighted by molar-refractivity contribution is 0.241. The number of methoxy groups -OCH3 is 2. The van der Waals surface area contributed by atoms with Crippen molar-refractivity contribution in [3.8, 4) is 11.5 Å². The fourth-order valence-corrected chi connectivity index (χ4v) is 3.46. The quantitative estimate of drug-likeness (QED) is 0.808. The zero-order chi connectivity index (χ0) is 18.9. The van der Waals surface area contributed by atoms with Gasteiger partial charge in [-0.1, -0.05) is 38.4 Å². The highest BCUT2D eigenvalue weighted by molar-refractivity contribution is 6.33. The number of aromatic nitrogens is 2. The second-order valence-corrected chi connectivity index (χ2v) is 8.03. The molecule has 140 valence electrons. The van der Waals surface area contributed by atoms with Gasteiger partial charge in [-0.05, 0) is 11.6 Å². The highest BCUT2D eigenvalue weighted by Crippen LogP contribution is 2.38. The number of halogens is 1. The van der Waals surface area contributed by atoms with Gasteiger partial charge in [-0.3, -0.25) is 4.90 Å². The minimum Gasteiger partial charge on any atom is -0.493 e. The van der Waals surface area contributed by atoms with Gasteiger partial charge in [0.05, 0.1) is 19.2 Å². The average molecular weight is 376 g/mol. The smallest absolute Gasteiger partial charge is 0.179 e. The van der Waals surface area contributed by atoms with Crippen LogP contribution in [0.4, 0.5) is 0 Å². The Balaban J connectivity index is 1.78. The van der Waals surface area contributed by atoms with Crippen LogP contribution in [0.3, 0.4) is 0 Å². The average Bonchev–Trinajstić information content (AvgIpc) is 2.61. The van der Waals surface area contributed by atoms with Crippen LogP contribution in [0.2, 0.25) is 5.02 Å². The Hall–Kier alpha value is -1.85. The van der Waals surface area contributed by atoms with Gasteiger partial charge in [-0.2, -0.15) is 0 Å². The first kappa shape index (κ1) is 18.9. The fourth-order valence-electron chi connectivity index (χ4n) is 3.16. The van der Waals surface area contributed by atoms with E-state index in [4.69, 9.17) is 26.1 Å². The van der Waals surface area contributed by atoms with Gasteiger partial charge in [-0.25, -0.2) is 9.97 Å². The van der Waals surface area contributed by atoms with E-state index in [2.05, 4.69) is 30.7 Å². The van der Waals surface area contributed by atoms with Gasteiger partial charge < -0.3 is 9.47 Å². The van der Waals surface area contributed by atoms with Crippen molar-refractivity contribution in [3.63, 3.8) is 0 Å². The summed E-state index contributed by atoms with van der Waals surface area (Å²) in [4.78, 5) is 11.7. The maximum Gasteiger partial charge on any atom is 0.179 e. The van der Waals surface area contributed by atoms with E-state index in [1.54, 1.807) is 14.2 Å². The SMILES string of the molecule is COc1ccc(CN2CCc3nc(C(C)(C)C)ncc3C2)c(Cl)c1OC. The summed E-state index contributed by atoms with van der Waals surface area (Å²) >= 11 is 6.53. The van der Waals surface area contributed by atoms with Crippen LogP contribution >= 0.6 is 11.6 Å². The standard InChI is InChI=1S/C20H26ClN3O2/c1-20(2,3)19-22-10-14-12-24(9-8-15(14)23-19)11-13-6-7-16(25-4)18(26-5)17(13)21/h6-7,10H,8-9,11-12H2,1-5H3. The number of nitrogens with zero attached hydrogens (tertiary/aromatic N) is 3. The zero-order valence-electron chi connectivity index (χ0n) is 16.1. The van der Waals surface area contributed by atoms with Gasteiger partial charge in [0.25, 0.3) is 0 Å². The van der Waals surface area contributed by atoms with Crippen LogP contribution in [0.15, 0.2) is 18.3 Å². The second kappa shape index (κ2) is 7.41. The third kappa shape index (κ3) is 3.79. The van der Waals surface area contributed by atoms with Crippen molar-refractivity contribution in [1.82, 2.24) is 14.9 Å². The molecule has 0 radical (unpaired) electrons. The summed E-state index contributed by atoms with van der Waals surface area (Å²) in [6, 6.07) is 3.90. The van der Waals surface area contributed by atoms with Crippen LogP contribution in [-0.2, 0) is 24.9 Å². The number of benzene rings is 1. The largest absolute Gasteiger partial charge is 0.493 e. The Morgan fingerprint density at radius 1 is 1.19 bits per heavy atom. The number of fused-ring (bicyclic) bond motifs is 1. The van der Waals surface area contributed by atoms with Crippen LogP contribution in [-0.4, -0.2) is 35.6 Å². The molecule has 0 N–H and O–H groups in total. The minimum absolute atomic E-state index is 0.0284. The maximum atomic E-state index is 6.53. The topological polar surface area (TPSA) is 47.5 Å². The lowest BCUT2D eigenvalue weighted by Gasteiger charge is -2.29. The molecule has 0 fully saturated rings. The maximum absolute atomic E-state index is 6.53. The van der Waals surface area contributed by atoms with Crippen LogP contribution in [0, 0.1) is 0 Å². The Labute approximate surface area is 160 Å². The molecule has 6 heteroatoms. The fraction of sp³-hybridized carbons (Fsp3) is 0.500. The van der Waals surface area contributed by atoms with Crippen molar-refractivity contribution in [2.24, 2.45) is 0 Å². The second-order valence-electron chi connectivity index (χ2n) is 7.65. The van der Waals surface area contributed by atoms with E-state index in [-0.39, 0.29) is 5.41 Å². The van der Waals surface area contributed by atoms with E-state index >= 15 is 0 Å². The first-order valence-electron chi connectivity index (χ1n) is 8.80. The van der Waals surface area contributed by atoms with Crippen LogP contribution in [0.5, 0.6) is 11.5 Å². The molecule has 1 aromatic heterocycles. The lowest BCUT2D eigenvalue weighted by atomic mass is 9.95. The van der Waals surface area contributed by atoms with Crippen molar-refractivity contribution in [2.75, 3.05) is 20.8 Å². The molecule has 0 saturated carbocycles. The normalized spacial score (nSPS) is 14.8. The number of hydrogen-bond donors (Lipinski definition) is 0. The number of rotatable bonds is 4. The first-order valence-corrected chi connectivity index (χ1v) is 9.18. The molecule has 2 heterocycles. The monoisotopic (exact) mass is 375 g/mol. The number of hydrogen-bond acceptors (Lipinski definition) is 5. The molecule has 5 nitrogen and oxygen atoms in total. The summed E-state index contributed by atoms with van der Waals surface area (Å²) in [6.45, 7) is 8.94. The summed E-state index contributed by atoms with van der Waals surface area (Å²) < 4.78 is 10.7. The van der Waals surface area contributed by atoms with Crippen molar-refractivity contribution < 1.29 is 9.47 Å². The molecule has 1 aliphatic rings. The van der Waals surface area contributed by atoms with E-state index in [9.17, 15) is 0 Å². The Morgan fingerprint density at radius 3 is 2.62 bits per heavy atom. The van der Waals surface area contributed by atoms with Crippen LogP contribution < -0.4 is 9.47 Å². The molecular formula is C20H26ClN3O2. The lowest BCUT2D eigenvalue weighted by Crippen LogP contribution is -2.32. The molecule has 2 aromatic rings. The van der Waals surface area contributed by atoms with Crippen LogP contribution in [0.1, 0.15) is 43.4 Å². The minimum atomic E-state index is -0.0284. The van der Waals surface area contributed by atoms with E-state index in [0.29, 0.717) is 16.5 Å². The van der Waals surface area contributed by atoms with Crippen molar-refractivity contribution in [1.29, 1.82) is 0 Å². The molecule has 0 atom stereocenters. The predicted molar refractivity (Wildman–Crippen MR) is 103 cm³/mol. The Bertz CT molecular complexity index is 802. The summed E-state index contributed by atoms with van der Waals surface area (Å²) in [5.41, 5.74) is 3.36. The molecule has 0 spiro atoms. The molecule has 3 rings (SSSR count). The first-order chi connectivity index (χ1) is 12.3. The zero-order valence-corrected chi connectivity index (χ0v) is 16.9. The Morgan fingerprint density at radius 2 is 1.96 bits per heavy atom. The summed E-state index contributed by atoms with van der Waals surface area (Å²) in [5, 5.41) is 0.608. The van der Waals surface area contributed by atoms with E-state index in [1.165, 1.54) is 11.3 Å². The van der Waals surface area contributed by atoms with Gasteiger partial charge in [-0.15, -0.1) is 0 Å². The highest BCUT2D eigenvalue weighted by Gasteiger charge is 2.24. The van der Waals surface area contributed by atoms with Gasteiger partial charge >= 0.3 is 0 Å². The van der Waals surface area contributed by atoms with E-state index < -0.39 is 0 Å². The highest BCUT2D eigenvalue weighted by atomic mass is 35.5. The third-order valence-electron chi connectivity index (χ3n) is 4.64. The number of ether oxygens (including phenoxy) is 2. The molecule has 1 aliphatic heterocycles. The molecule has 0 unspecified atom stereocenters. The molecule has 26 heavy (non-hydrogen) atoms. The molecule has 0 bridgehead atoms. The van der Waals surface area contributed by atoms with E-state index in [0.717, 1.165) is 37.4 Å². The molecule has 0 amide bonds. The molecule has 0 aliphatic carbocycles. The summed E-state index contributed by atoms with van der Waals surface area (Å²) in [5.74, 6) is 2.14. The van der Waals surface area contributed by atoms with Crippen LogP contribution in [0.25, 0.3) is 0 Å². The van der Waals surface area contributed by atoms with Gasteiger partial charge in [0.15, 0.2) is 11.5 Å².